The highest BCUT2D eigenvalue weighted by molar-refractivity contribution is 5.96. The van der Waals surface area contributed by atoms with Crippen LogP contribution in [-0.4, -0.2) is 56.2 Å². The molecule has 2 fully saturated rings. The number of piperidine rings is 2. The highest BCUT2D eigenvalue weighted by atomic mass is 16.5. The molecule has 192 valence electrons. The molecule has 0 bridgehead atoms. The topological polar surface area (TPSA) is 78.7 Å². The van der Waals surface area contributed by atoms with Crippen LogP contribution in [0, 0.1) is 23.2 Å². The van der Waals surface area contributed by atoms with E-state index in [1.807, 2.05) is 12.1 Å². The first-order valence-electron chi connectivity index (χ1n) is 13.1. The monoisotopic (exact) mass is 498 g/mol. The van der Waals surface area contributed by atoms with E-state index in [0.717, 1.165) is 74.9 Å². The van der Waals surface area contributed by atoms with E-state index in [1.165, 1.54) is 5.56 Å². The van der Waals surface area contributed by atoms with Crippen LogP contribution in [0.15, 0.2) is 48.7 Å². The van der Waals surface area contributed by atoms with Gasteiger partial charge in [-0.2, -0.15) is 5.26 Å². The van der Waals surface area contributed by atoms with Crippen molar-refractivity contribution < 1.29 is 14.3 Å². The minimum absolute atomic E-state index is 0.0372. The lowest BCUT2D eigenvalue weighted by atomic mass is 9.88. The largest absolute Gasteiger partial charge is 0.493 e. The van der Waals surface area contributed by atoms with Crippen LogP contribution in [0.3, 0.4) is 0 Å². The molecule has 7 heteroatoms. The predicted octanol–water partition coefficient (Wildman–Crippen LogP) is 4.82. The Bertz CT molecular complexity index is 1290. The zero-order valence-corrected chi connectivity index (χ0v) is 21.7. The number of likely N-dealkylation sites (tertiary alicyclic amines) is 1. The Kier molecular flexibility index (Phi) is 7.45. The van der Waals surface area contributed by atoms with Gasteiger partial charge in [-0.15, -0.1) is 0 Å². The Balaban J connectivity index is 1.24. The van der Waals surface area contributed by atoms with Crippen molar-refractivity contribution in [1.29, 1.82) is 5.26 Å². The summed E-state index contributed by atoms with van der Waals surface area (Å²) < 4.78 is 10.9. The number of pyridine rings is 1. The first kappa shape index (κ1) is 24.9. The average Bonchev–Trinajstić information content (AvgIpc) is 2.96. The third-order valence-corrected chi connectivity index (χ3v) is 7.92. The maximum atomic E-state index is 13.4. The number of hydrogen-bond acceptors (Lipinski definition) is 6. The molecule has 3 heterocycles. The van der Waals surface area contributed by atoms with Crippen LogP contribution in [0.2, 0.25) is 0 Å². The third kappa shape index (κ3) is 5.20. The third-order valence-electron chi connectivity index (χ3n) is 7.92. The molecular formula is C30H34N4O3. The number of aromatic nitrogens is 1. The predicted molar refractivity (Wildman–Crippen MR) is 144 cm³/mol. The lowest BCUT2D eigenvalue weighted by Gasteiger charge is -2.38. The van der Waals surface area contributed by atoms with Crippen molar-refractivity contribution in [1.82, 2.24) is 9.88 Å². The number of nitrogens with zero attached hydrogens (tertiary/aromatic N) is 4. The van der Waals surface area contributed by atoms with E-state index >= 15 is 0 Å². The Morgan fingerprint density at radius 2 is 1.68 bits per heavy atom. The molecule has 2 aliphatic rings. The minimum atomic E-state index is 0.0372. The molecule has 3 aromatic rings. The lowest BCUT2D eigenvalue weighted by molar-refractivity contribution is -0.137. The van der Waals surface area contributed by atoms with Crippen molar-refractivity contribution in [2.45, 2.75) is 32.1 Å². The molecule has 5 rings (SSSR count). The Morgan fingerprint density at radius 3 is 2.32 bits per heavy atom. The molecule has 0 N–H and O–H groups in total. The second-order valence-electron chi connectivity index (χ2n) is 10.1. The van der Waals surface area contributed by atoms with Crippen LogP contribution >= 0.6 is 0 Å². The molecule has 0 aliphatic carbocycles. The van der Waals surface area contributed by atoms with E-state index in [1.54, 1.807) is 20.4 Å². The number of methoxy groups -OCH3 is 2. The molecule has 2 aromatic carbocycles. The Hall–Kier alpha value is -3.79. The SMILES string of the molecule is COc1cc2ncc(C#N)c(N3CCC(C(=O)N4CCC(Cc5ccccc5)CC4)CC3)c2cc1OC. The van der Waals surface area contributed by atoms with E-state index in [4.69, 9.17) is 9.47 Å². The van der Waals surface area contributed by atoms with Gasteiger partial charge in [0.2, 0.25) is 5.91 Å². The summed E-state index contributed by atoms with van der Waals surface area (Å²) in [5.74, 6) is 2.19. The van der Waals surface area contributed by atoms with Crippen LogP contribution < -0.4 is 14.4 Å². The first-order valence-corrected chi connectivity index (χ1v) is 13.1. The van der Waals surface area contributed by atoms with Crippen LogP contribution in [-0.2, 0) is 11.2 Å². The minimum Gasteiger partial charge on any atom is -0.493 e. The molecular weight excluding hydrogens is 464 g/mol. The zero-order chi connectivity index (χ0) is 25.8. The lowest BCUT2D eigenvalue weighted by Crippen LogP contribution is -2.45. The summed E-state index contributed by atoms with van der Waals surface area (Å²) in [5, 5.41) is 10.7. The quantitative estimate of drug-likeness (QED) is 0.485. The second kappa shape index (κ2) is 11.1. The average molecular weight is 499 g/mol. The van der Waals surface area contributed by atoms with E-state index < -0.39 is 0 Å². The summed E-state index contributed by atoms with van der Waals surface area (Å²) >= 11 is 0. The Labute approximate surface area is 218 Å². The number of carbonyl (C=O) groups is 1. The van der Waals surface area contributed by atoms with Crippen molar-refractivity contribution in [3.8, 4) is 17.6 Å². The zero-order valence-electron chi connectivity index (χ0n) is 21.7. The maximum absolute atomic E-state index is 13.4. The fraction of sp³-hybridized carbons (Fsp3) is 0.433. The van der Waals surface area contributed by atoms with Crippen LogP contribution in [0.4, 0.5) is 5.69 Å². The van der Waals surface area contributed by atoms with Crippen molar-refractivity contribution >= 4 is 22.5 Å². The van der Waals surface area contributed by atoms with E-state index in [2.05, 4.69) is 51.2 Å². The molecule has 0 spiro atoms. The molecule has 0 atom stereocenters. The van der Waals surface area contributed by atoms with Crippen LogP contribution in [0.1, 0.15) is 36.8 Å². The molecule has 37 heavy (non-hydrogen) atoms. The smallest absolute Gasteiger partial charge is 0.225 e. The van der Waals surface area contributed by atoms with Crippen LogP contribution in [0.25, 0.3) is 10.9 Å². The molecule has 1 aromatic heterocycles. The van der Waals surface area contributed by atoms with Gasteiger partial charge >= 0.3 is 0 Å². The highest BCUT2D eigenvalue weighted by Crippen LogP contribution is 2.39. The Morgan fingerprint density at radius 1 is 1.00 bits per heavy atom. The van der Waals surface area contributed by atoms with Gasteiger partial charge in [0.25, 0.3) is 0 Å². The number of amides is 1. The fourth-order valence-electron chi connectivity index (χ4n) is 5.84. The number of rotatable bonds is 6. The molecule has 0 unspecified atom stereocenters. The molecule has 2 aliphatic heterocycles. The maximum Gasteiger partial charge on any atom is 0.225 e. The summed E-state index contributed by atoms with van der Waals surface area (Å²) in [4.78, 5) is 22.2. The second-order valence-corrected chi connectivity index (χ2v) is 10.1. The number of anilines is 1. The highest BCUT2D eigenvalue weighted by Gasteiger charge is 2.32. The van der Waals surface area contributed by atoms with Gasteiger partial charge in [-0.3, -0.25) is 9.78 Å². The van der Waals surface area contributed by atoms with Gasteiger partial charge in [0.15, 0.2) is 11.5 Å². The summed E-state index contributed by atoms with van der Waals surface area (Å²) in [5.41, 5.74) is 3.53. The number of nitriles is 1. The van der Waals surface area contributed by atoms with Gasteiger partial charge in [-0.25, -0.2) is 0 Å². The van der Waals surface area contributed by atoms with Crippen molar-refractivity contribution in [3.05, 3.63) is 59.8 Å². The van der Waals surface area contributed by atoms with E-state index in [9.17, 15) is 10.1 Å². The van der Waals surface area contributed by atoms with Crippen molar-refractivity contribution in [2.24, 2.45) is 11.8 Å². The number of hydrogen-bond donors (Lipinski definition) is 0. The molecule has 2 saturated heterocycles. The number of fused-ring (bicyclic) bond motifs is 1. The normalized spacial score (nSPS) is 17.0. The summed E-state index contributed by atoms with van der Waals surface area (Å²) in [6.07, 6.45) is 6.42. The number of benzene rings is 2. The van der Waals surface area contributed by atoms with Gasteiger partial charge in [0, 0.05) is 49.7 Å². The standard InChI is InChI=1S/C30H34N4O3/c1-36-27-17-25-26(18-28(27)37-2)32-20-24(19-31)29(25)33-14-10-23(11-15-33)30(35)34-12-8-22(9-13-34)16-21-6-4-3-5-7-21/h3-7,17-18,20,22-23H,8-16H2,1-2H3. The summed E-state index contributed by atoms with van der Waals surface area (Å²) in [6.45, 7) is 3.16. The summed E-state index contributed by atoms with van der Waals surface area (Å²) in [6, 6.07) is 16.7. The molecule has 7 nitrogen and oxygen atoms in total. The fourth-order valence-corrected chi connectivity index (χ4v) is 5.84. The van der Waals surface area contributed by atoms with Crippen molar-refractivity contribution in [2.75, 3.05) is 45.3 Å². The van der Waals surface area contributed by atoms with Gasteiger partial charge in [-0.05, 0) is 49.7 Å². The molecule has 1 amide bonds. The van der Waals surface area contributed by atoms with Gasteiger partial charge in [-0.1, -0.05) is 30.3 Å². The van der Waals surface area contributed by atoms with Crippen LogP contribution in [0.5, 0.6) is 11.5 Å². The van der Waals surface area contributed by atoms with Gasteiger partial charge in [0.1, 0.15) is 6.07 Å². The van der Waals surface area contributed by atoms with Gasteiger partial charge < -0.3 is 19.3 Å². The summed E-state index contributed by atoms with van der Waals surface area (Å²) in [7, 11) is 3.20. The first-order chi connectivity index (χ1) is 18.1. The van der Waals surface area contributed by atoms with E-state index in [-0.39, 0.29) is 5.92 Å². The van der Waals surface area contributed by atoms with E-state index in [0.29, 0.717) is 28.9 Å². The molecule has 0 saturated carbocycles. The van der Waals surface area contributed by atoms with Gasteiger partial charge in [0.05, 0.1) is 31.0 Å². The van der Waals surface area contributed by atoms with Crippen molar-refractivity contribution in [3.63, 3.8) is 0 Å². The number of ether oxygens (including phenoxy) is 2. The number of carbonyl (C=O) groups excluding carboxylic acids is 1. The molecule has 0 radical (unpaired) electrons.